The molecule has 0 N–H and O–H groups in total. The van der Waals surface area contributed by atoms with Crippen LogP contribution in [0.5, 0.6) is 5.75 Å². The van der Waals surface area contributed by atoms with Gasteiger partial charge in [-0.1, -0.05) is 60.2 Å². The molecule has 0 radical (unpaired) electrons. The van der Waals surface area contributed by atoms with E-state index in [1.165, 1.54) is 0 Å². The van der Waals surface area contributed by atoms with Crippen LogP contribution in [0.1, 0.15) is 11.1 Å². The van der Waals surface area contributed by atoms with Crippen molar-refractivity contribution in [3.05, 3.63) is 98.7 Å². The Hall–Kier alpha value is -4.12. The summed E-state index contributed by atoms with van der Waals surface area (Å²) >= 11 is 0. The van der Waals surface area contributed by atoms with E-state index in [1.807, 2.05) is 67.6 Å². The average Bonchev–Trinajstić information content (AvgIpc) is 2.99. The van der Waals surface area contributed by atoms with E-state index in [4.69, 9.17) is 13.6 Å². The summed E-state index contributed by atoms with van der Waals surface area (Å²) in [6.07, 6.45) is 0.495. The molecule has 0 atom stereocenters. The summed E-state index contributed by atoms with van der Waals surface area (Å²) < 4.78 is 17.3. The minimum absolute atomic E-state index is 0.0659. The van der Waals surface area contributed by atoms with Gasteiger partial charge in [-0.3, -0.25) is 0 Å². The molecule has 5 nitrogen and oxygen atoms in total. The highest BCUT2D eigenvalue weighted by molar-refractivity contribution is 5.97. The van der Waals surface area contributed by atoms with E-state index in [0.29, 0.717) is 41.2 Å². The van der Waals surface area contributed by atoms with Gasteiger partial charge in [0, 0.05) is 28.3 Å². The maximum Gasteiger partial charge on any atom is 0.351 e. The van der Waals surface area contributed by atoms with Crippen molar-refractivity contribution in [1.82, 2.24) is 0 Å². The number of hydrogen-bond acceptors (Lipinski definition) is 5. The van der Waals surface area contributed by atoms with Crippen LogP contribution in [-0.2, 0) is 6.42 Å². The highest BCUT2D eigenvalue weighted by Gasteiger charge is 2.25. The van der Waals surface area contributed by atoms with Gasteiger partial charge in [0.25, 0.3) is 0 Å². The Morgan fingerprint density at radius 2 is 1.59 bits per heavy atom. The Morgan fingerprint density at radius 1 is 0.812 bits per heavy atom. The quantitative estimate of drug-likeness (QED) is 0.358. The summed E-state index contributed by atoms with van der Waals surface area (Å²) in [5, 5.41) is 2.48. The van der Waals surface area contributed by atoms with Crippen LogP contribution in [0.2, 0.25) is 0 Å². The zero-order valence-corrected chi connectivity index (χ0v) is 17.3. The minimum Gasteiger partial charge on any atom is -0.492 e. The maximum atomic E-state index is 12.9. The largest absolute Gasteiger partial charge is 0.492 e. The average molecular weight is 422 g/mol. The van der Waals surface area contributed by atoms with Gasteiger partial charge in [0.05, 0.1) is 12.2 Å². The van der Waals surface area contributed by atoms with Gasteiger partial charge in [0.2, 0.25) is 0 Å². The number of benzene rings is 3. The Labute approximate surface area is 182 Å². The molecule has 6 rings (SSSR count). The standard InChI is InChI=1S/C27H18O5/c1-15-6-8-17(9-7-15)22-14-21-19-12-13-30-24-18-5-3-2-4-16(18)10-11-20(24)25(19)32-27(29)23(21)26(28)31-22/h2-11,14H,12-13H2,1H3. The van der Waals surface area contributed by atoms with Crippen molar-refractivity contribution in [3.8, 4) is 28.4 Å². The Kier molecular flexibility index (Phi) is 4.05. The molecule has 0 bridgehead atoms. The van der Waals surface area contributed by atoms with Gasteiger partial charge in [-0.05, 0) is 24.4 Å². The second-order valence-corrected chi connectivity index (χ2v) is 8.01. The van der Waals surface area contributed by atoms with Crippen LogP contribution in [0.25, 0.3) is 44.2 Å². The molecular weight excluding hydrogens is 404 g/mol. The number of fused-ring (bicyclic) bond motifs is 7. The molecule has 1 aliphatic heterocycles. The van der Waals surface area contributed by atoms with Gasteiger partial charge < -0.3 is 13.6 Å². The predicted octanol–water partition coefficient (Wildman–Crippen LogP) is 5.48. The van der Waals surface area contributed by atoms with Crippen LogP contribution in [0.4, 0.5) is 0 Å². The minimum atomic E-state index is -0.705. The lowest BCUT2D eigenvalue weighted by atomic mass is 9.97. The molecule has 0 unspecified atom stereocenters. The fourth-order valence-corrected chi connectivity index (χ4v) is 4.41. The number of hydrogen-bond donors (Lipinski definition) is 0. The normalized spacial score (nSPS) is 12.8. The zero-order valence-electron chi connectivity index (χ0n) is 17.3. The molecule has 3 aromatic carbocycles. The molecule has 32 heavy (non-hydrogen) atoms. The SMILES string of the molecule is Cc1ccc(-c2cc3c4c(oc(=O)c3c(=O)o2)-c2ccc3ccccc3c2OCC4)cc1. The van der Waals surface area contributed by atoms with Crippen molar-refractivity contribution in [2.45, 2.75) is 13.3 Å². The highest BCUT2D eigenvalue weighted by Crippen LogP contribution is 2.41. The maximum absolute atomic E-state index is 12.9. The van der Waals surface area contributed by atoms with Crippen molar-refractivity contribution in [1.29, 1.82) is 0 Å². The van der Waals surface area contributed by atoms with Gasteiger partial charge in [0.1, 0.15) is 17.3 Å². The lowest BCUT2D eigenvalue weighted by Crippen LogP contribution is -2.14. The van der Waals surface area contributed by atoms with E-state index in [1.54, 1.807) is 6.07 Å². The number of aryl methyl sites for hydroxylation is 1. The fourth-order valence-electron chi connectivity index (χ4n) is 4.41. The second kappa shape index (κ2) is 6.95. The van der Waals surface area contributed by atoms with Crippen molar-refractivity contribution in [2.24, 2.45) is 0 Å². The third kappa shape index (κ3) is 2.78. The summed E-state index contributed by atoms with van der Waals surface area (Å²) in [6.45, 7) is 2.39. The Morgan fingerprint density at radius 3 is 2.44 bits per heavy atom. The molecule has 0 saturated heterocycles. The van der Waals surface area contributed by atoms with Crippen LogP contribution in [0, 0.1) is 6.92 Å². The lowest BCUT2D eigenvalue weighted by Gasteiger charge is -2.11. The molecule has 5 aromatic rings. The van der Waals surface area contributed by atoms with E-state index < -0.39 is 11.3 Å². The predicted molar refractivity (Wildman–Crippen MR) is 123 cm³/mol. The molecule has 156 valence electrons. The molecule has 1 aliphatic rings. The summed E-state index contributed by atoms with van der Waals surface area (Å²) in [6, 6.07) is 21.3. The monoisotopic (exact) mass is 422 g/mol. The van der Waals surface area contributed by atoms with E-state index in [2.05, 4.69) is 0 Å². The second-order valence-electron chi connectivity index (χ2n) is 8.01. The van der Waals surface area contributed by atoms with Gasteiger partial charge in [-0.15, -0.1) is 0 Å². The van der Waals surface area contributed by atoms with Gasteiger partial charge >= 0.3 is 11.3 Å². The Bertz CT molecular complexity index is 1640. The number of ether oxygens (including phenoxy) is 1. The summed E-state index contributed by atoms with van der Waals surface area (Å²) in [4.78, 5) is 25.7. The lowest BCUT2D eigenvalue weighted by molar-refractivity contribution is 0.330. The highest BCUT2D eigenvalue weighted by atomic mass is 16.5. The van der Waals surface area contributed by atoms with Crippen molar-refractivity contribution >= 4 is 21.5 Å². The van der Waals surface area contributed by atoms with Crippen LogP contribution in [0.15, 0.2) is 85.2 Å². The van der Waals surface area contributed by atoms with E-state index in [0.717, 1.165) is 27.5 Å². The van der Waals surface area contributed by atoms with Crippen LogP contribution in [-0.4, -0.2) is 6.61 Å². The van der Waals surface area contributed by atoms with Crippen LogP contribution >= 0.6 is 0 Å². The van der Waals surface area contributed by atoms with Crippen molar-refractivity contribution in [3.63, 3.8) is 0 Å². The van der Waals surface area contributed by atoms with Crippen LogP contribution < -0.4 is 16.0 Å². The van der Waals surface area contributed by atoms with E-state index in [-0.39, 0.29) is 5.39 Å². The van der Waals surface area contributed by atoms with Crippen molar-refractivity contribution in [2.75, 3.05) is 6.61 Å². The fraction of sp³-hybridized carbons (Fsp3) is 0.111. The molecule has 0 spiro atoms. The first-order valence-corrected chi connectivity index (χ1v) is 10.5. The summed E-state index contributed by atoms with van der Waals surface area (Å²) in [5.74, 6) is 1.55. The molecular formula is C27H18O5. The molecule has 0 amide bonds. The molecule has 3 heterocycles. The smallest absolute Gasteiger partial charge is 0.351 e. The first-order valence-electron chi connectivity index (χ1n) is 10.5. The van der Waals surface area contributed by atoms with E-state index in [9.17, 15) is 9.59 Å². The third-order valence-electron chi connectivity index (χ3n) is 6.01. The Balaban J connectivity index is 1.68. The molecule has 0 fully saturated rings. The van der Waals surface area contributed by atoms with E-state index >= 15 is 0 Å². The molecule has 2 aromatic heterocycles. The first kappa shape index (κ1) is 18.6. The molecule has 0 aliphatic carbocycles. The molecule has 0 saturated carbocycles. The first-order chi connectivity index (χ1) is 15.6. The van der Waals surface area contributed by atoms with Crippen LogP contribution in [0.3, 0.4) is 0 Å². The zero-order chi connectivity index (χ0) is 21.8. The topological polar surface area (TPSA) is 69.7 Å². The van der Waals surface area contributed by atoms with Gasteiger partial charge in [-0.25, -0.2) is 9.59 Å². The third-order valence-corrected chi connectivity index (χ3v) is 6.01. The summed E-state index contributed by atoms with van der Waals surface area (Å²) in [7, 11) is 0. The number of rotatable bonds is 1. The molecule has 5 heteroatoms. The van der Waals surface area contributed by atoms with Gasteiger partial charge in [0.15, 0.2) is 5.39 Å². The van der Waals surface area contributed by atoms with Gasteiger partial charge in [-0.2, -0.15) is 0 Å². The van der Waals surface area contributed by atoms with Crippen molar-refractivity contribution < 1.29 is 13.6 Å². The summed E-state index contributed by atoms with van der Waals surface area (Å²) in [5.41, 5.74) is 1.96.